The number of nitrogens with one attached hydrogen (secondary N) is 1. The summed E-state index contributed by atoms with van der Waals surface area (Å²) in [5, 5.41) is 0. The average Bonchev–Trinajstić information content (AvgIpc) is 2.42. The zero-order valence-corrected chi connectivity index (χ0v) is 8.42. The van der Waals surface area contributed by atoms with Gasteiger partial charge in [0.25, 0.3) is 0 Å². The molecule has 1 rings (SSSR count). The van der Waals surface area contributed by atoms with Gasteiger partial charge in [0, 0.05) is 19.6 Å². The second-order valence-corrected chi connectivity index (χ2v) is 3.34. The van der Waals surface area contributed by atoms with Crippen LogP contribution in [-0.4, -0.2) is 30.5 Å². The number of likely N-dealkylation sites (tertiary alicyclic amines) is 1. The van der Waals surface area contributed by atoms with E-state index >= 15 is 0 Å². The molecule has 1 heterocycles. The summed E-state index contributed by atoms with van der Waals surface area (Å²) >= 11 is 0. The molecule has 0 aromatic rings. The molecular formula is C9H20N4. The van der Waals surface area contributed by atoms with Crippen molar-refractivity contribution in [2.75, 3.05) is 19.6 Å². The van der Waals surface area contributed by atoms with E-state index in [1.807, 2.05) is 6.92 Å². The molecule has 76 valence electrons. The van der Waals surface area contributed by atoms with Crippen molar-refractivity contribution in [1.29, 1.82) is 0 Å². The van der Waals surface area contributed by atoms with Gasteiger partial charge in [-0.25, -0.2) is 5.84 Å². The number of hydrogen-bond donors (Lipinski definition) is 2. The van der Waals surface area contributed by atoms with Gasteiger partial charge in [-0.1, -0.05) is 12.8 Å². The van der Waals surface area contributed by atoms with Crippen molar-refractivity contribution in [2.45, 2.75) is 32.6 Å². The molecule has 0 unspecified atom stereocenters. The van der Waals surface area contributed by atoms with Gasteiger partial charge in [0.05, 0.1) is 0 Å². The molecule has 0 aliphatic carbocycles. The van der Waals surface area contributed by atoms with Crippen molar-refractivity contribution in [2.24, 2.45) is 10.8 Å². The van der Waals surface area contributed by atoms with Crippen LogP contribution in [0.5, 0.6) is 0 Å². The molecule has 0 saturated carbocycles. The van der Waals surface area contributed by atoms with Crippen LogP contribution in [0.15, 0.2) is 4.99 Å². The second kappa shape index (κ2) is 5.80. The molecular weight excluding hydrogens is 164 g/mol. The fraction of sp³-hybridized carbons (Fsp3) is 0.889. The van der Waals surface area contributed by atoms with Crippen molar-refractivity contribution in [3.63, 3.8) is 0 Å². The summed E-state index contributed by atoms with van der Waals surface area (Å²) in [5.74, 6) is 6.27. The van der Waals surface area contributed by atoms with E-state index in [0.29, 0.717) is 0 Å². The Kier molecular flexibility index (Phi) is 4.60. The molecule has 1 saturated heterocycles. The summed E-state index contributed by atoms with van der Waals surface area (Å²) in [4.78, 5) is 6.56. The van der Waals surface area contributed by atoms with Crippen molar-refractivity contribution >= 4 is 5.96 Å². The maximum atomic E-state index is 5.42. The first-order valence-electron chi connectivity index (χ1n) is 5.14. The molecule has 0 amide bonds. The maximum absolute atomic E-state index is 5.42. The Morgan fingerprint density at radius 3 is 2.38 bits per heavy atom. The lowest BCUT2D eigenvalue weighted by Crippen LogP contribution is -2.45. The number of aliphatic imine (C=N–C) groups is 1. The molecule has 0 aromatic heterocycles. The third kappa shape index (κ3) is 3.22. The van der Waals surface area contributed by atoms with Crippen molar-refractivity contribution in [1.82, 2.24) is 10.3 Å². The first kappa shape index (κ1) is 10.3. The largest absolute Gasteiger partial charge is 0.342 e. The third-order valence-electron chi connectivity index (χ3n) is 2.34. The fourth-order valence-electron chi connectivity index (χ4n) is 1.67. The predicted molar refractivity (Wildman–Crippen MR) is 55.3 cm³/mol. The summed E-state index contributed by atoms with van der Waals surface area (Å²) in [6.45, 7) is 4.98. The highest BCUT2D eigenvalue weighted by Gasteiger charge is 2.11. The molecule has 3 N–H and O–H groups in total. The molecule has 0 atom stereocenters. The molecule has 4 heteroatoms. The number of rotatable bonds is 1. The molecule has 0 radical (unpaired) electrons. The minimum atomic E-state index is 0.788. The van der Waals surface area contributed by atoms with Crippen LogP contribution in [0.4, 0.5) is 0 Å². The van der Waals surface area contributed by atoms with E-state index in [1.54, 1.807) is 0 Å². The van der Waals surface area contributed by atoms with Gasteiger partial charge < -0.3 is 4.90 Å². The van der Waals surface area contributed by atoms with Crippen LogP contribution in [0.3, 0.4) is 0 Å². The summed E-state index contributed by atoms with van der Waals surface area (Å²) in [6.07, 6.45) is 5.18. The number of nitrogens with zero attached hydrogens (tertiary/aromatic N) is 2. The van der Waals surface area contributed by atoms with Gasteiger partial charge in [-0.05, 0) is 19.8 Å². The van der Waals surface area contributed by atoms with E-state index in [2.05, 4.69) is 15.3 Å². The van der Waals surface area contributed by atoms with Crippen LogP contribution >= 0.6 is 0 Å². The number of guanidine groups is 1. The molecule has 0 spiro atoms. The van der Waals surface area contributed by atoms with Crippen molar-refractivity contribution in [3.05, 3.63) is 0 Å². The van der Waals surface area contributed by atoms with E-state index in [-0.39, 0.29) is 0 Å². The van der Waals surface area contributed by atoms with Crippen LogP contribution in [0.1, 0.15) is 32.6 Å². The Bertz CT molecular complexity index is 159. The monoisotopic (exact) mass is 184 g/mol. The Balaban J connectivity index is 2.50. The summed E-state index contributed by atoms with van der Waals surface area (Å²) < 4.78 is 0. The van der Waals surface area contributed by atoms with Gasteiger partial charge in [-0.15, -0.1) is 0 Å². The summed E-state index contributed by atoms with van der Waals surface area (Å²) in [6, 6.07) is 0. The van der Waals surface area contributed by atoms with E-state index in [4.69, 9.17) is 5.84 Å². The first-order valence-corrected chi connectivity index (χ1v) is 5.14. The zero-order valence-electron chi connectivity index (χ0n) is 8.42. The number of hydrazine groups is 1. The fourth-order valence-corrected chi connectivity index (χ4v) is 1.67. The maximum Gasteiger partial charge on any atom is 0.208 e. The van der Waals surface area contributed by atoms with E-state index in [1.165, 1.54) is 25.7 Å². The van der Waals surface area contributed by atoms with Crippen LogP contribution in [-0.2, 0) is 0 Å². The van der Waals surface area contributed by atoms with Gasteiger partial charge in [-0.3, -0.25) is 10.4 Å². The lowest BCUT2D eigenvalue weighted by molar-refractivity contribution is 0.418. The predicted octanol–water partition coefficient (Wildman–Crippen LogP) is 0.702. The normalized spacial score (nSPS) is 19.8. The Hall–Kier alpha value is -0.770. The van der Waals surface area contributed by atoms with Crippen LogP contribution in [0.2, 0.25) is 0 Å². The van der Waals surface area contributed by atoms with E-state index < -0.39 is 0 Å². The quantitative estimate of drug-likeness (QED) is 0.273. The van der Waals surface area contributed by atoms with Crippen LogP contribution < -0.4 is 11.3 Å². The molecule has 4 nitrogen and oxygen atoms in total. The van der Waals surface area contributed by atoms with Gasteiger partial charge in [0.15, 0.2) is 0 Å². The van der Waals surface area contributed by atoms with Crippen molar-refractivity contribution < 1.29 is 0 Å². The van der Waals surface area contributed by atoms with E-state index in [9.17, 15) is 0 Å². The number of hydrogen-bond acceptors (Lipinski definition) is 2. The van der Waals surface area contributed by atoms with Gasteiger partial charge >= 0.3 is 0 Å². The van der Waals surface area contributed by atoms with Crippen LogP contribution in [0, 0.1) is 0 Å². The number of nitrogens with two attached hydrogens (primary N) is 1. The van der Waals surface area contributed by atoms with E-state index in [0.717, 1.165) is 25.6 Å². The molecule has 13 heavy (non-hydrogen) atoms. The van der Waals surface area contributed by atoms with Gasteiger partial charge in [0.2, 0.25) is 5.96 Å². The highest BCUT2D eigenvalue weighted by molar-refractivity contribution is 5.79. The third-order valence-corrected chi connectivity index (χ3v) is 2.34. The standard InChI is InChI=1S/C9H20N4/c1-2-11-9(12-10)13-7-5-3-4-6-8-13/h2-8,10H2,1H3,(H,11,12). The van der Waals surface area contributed by atoms with Crippen molar-refractivity contribution in [3.8, 4) is 0 Å². The first-order chi connectivity index (χ1) is 6.38. The highest BCUT2D eigenvalue weighted by Crippen LogP contribution is 2.09. The zero-order chi connectivity index (χ0) is 9.52. The molecule has 1 fully saturated rings. The molecule has 0 aromatic carbocycles. The topological polar surface area (TPSA) is 53.6 Å². The highest BCUT2D eigenvalue weighted by atomic mass is 15.4. The Morgan fingerprint density at radius 2 is 1.92 bits per heavy atom. The van der Waals surface area contributed by atoms with Gasteiger partial charge in [-0.2, -0.15) is 0 Å². The minimum absolute atomic E-state index is 0.788. The molecule has 0 bridgehead atoms. The Morgan fingerprint density at radius 1 is 1.31 bits per heavy atom. The lowest BCUT2D eigenvalue weighted by atomic mass is 10.2. The molecule has 1 aliphatic heterocycles. The lowest BCUT2D eigenvalue weighted by Gasteiger charge is -2.23. The second-order valence-electron chi connectivity index (χ2n) is 3.34. The van der Waals surface area contributed by atoms with Gasteiger partial charge in [0.1, 0.15) is 0 Å². The average molecular weight is 184 g/mol. The minimum Gasteiger partial charge on any atom is -0.342 e. The summed E-state index contributed by atoms with van der Waals surface area (Å²) in [7, 11) is 0. The molecule has 1 aliphatic rings. The Labute approximate surface area is 80.2 Å². The van der Waals surface area contributed by atoms with Crippen LogP contribution in [0.25, 0.3) is 0 Å². The smallest absolute Gasteiger partial charge is 0.208 e. The summed E-state index contributed by atoms with van der Waals surface area (Å²) in [5.41, 5.74) is 2.68. The SMILES string of the molecule is CCN=C(NN)N1CCCCCC1.